The summed E-state index contributed by atoms with van der Waals surface area (Å²) in [5, 5.41) is 0. The van der Waals surface area contributed by atoms with E-state index in [1.54, 1.807) is 12.1 Å². The third-order valence-electron chi connectivity index (χ3n) is 4.99. The maximum absolute atomic E-state index is 13.2. The van der Waals surface area contributed by atoms with E-state index in [0.717, 1.165) is 36.7 Å². The number of carbonyl (C=O) groups is 1. The normalized spacial score (nSPS) is 19.2. The van der Waals surface area contributed by atoms with Gasteiger partial charge in [-0.2, -0.15) is 0 Å². The molecule has 1 amide bonds. The van der Waals surface area contributed by atoms with Crippen LogP contribution in [-0.2, 0) is 17.9 Å². The number of amides is 1. The summed E-state index contributed by atoms with van der Waals surface area (Å²) in [7, 11) is 0. The summed E-state index contributed by atoms with van der Waals surface area (Å²) < 4.78 is 13.2. The minimum absolute atomic E-state index is 0.124. The van der Waals surface area contributed by atoms with Crippen molar-refractivity contribution < 1.29 is 9.18 Å². The molecule has 5 nitrogen and oxygen atoms in total. The molecule has 1 N–H and O–H groups in total. The quantitative estimate of drug-likeness (QED) is 0.893. The minimum atomic E-state index is -0.252. The number of aromatic amines is 1. The van der Waals surface area contributed by atoms with E-state index in [2.05, 4.69) is 28.7 Å². The fourth-order valence-corrected chi connectivity index (χ4v) is 3.54. The number of H-pyrrole nitrogens is 1. The molecule has 0 aliphatic carbocycles. The van der Waals surface area contributed by atoms with Gasteiger partial charge in [-0.1, -0.05) is 26.0 Å². The first-order valence-corrected chi connectivity index (χ1v) is 9.19. The van der Waals surface area contributed by atoms with Crippen molar-refractivity contribution in [3.05, 3.63) is 53.4 Å². The van der Waals surface area contributed by atoms with Crippen LogP contribution in [-0.4, -0.2) is 44.8 Å². The van der Waals surface area contributed by atoms with Crippen molar-refractivity contribution in [1.29, 1.82) is 0 Å². The van der Waals surface area contributed by atoms with Gasteiger partial charge in [0.15, 0.2) is 0 Å². The highest BCUT2D eigenvalue weighted by molar-refractivity contribution is 5.77. The van der Waals surface area contributed by atoms with Crippen LogP contribution in [0, 0.1) is 18.7 Å². The maximum Gasteiger partial charge on any atom is 0.224 e. The molecule has 1 saturated heterocycles. The fraction of sp³-hybridized carbons (Fsp3) is 0.500. The number of aryl methyl sites for hydroxylation is 1. The first-order chi connectivity index (χ1) is 12.4. The van der Waals surface area contributed by atoms with Gasteiger partial charge in [-0.05, 0) is 30.5 Å². The second-order valence-corrected chi connectivity index (χ2v) is 7.44. The lowest BCUT2D eigenvalue weighted by molar-refractivity contribution is -0.134. The number of aromatic nitrogens is 2. The zero-order valence-electron chi connectivity index (χ0n) is 15.7. The van der Waals surface area contributed by atoms with Gasteiger partial charge in [-0.15, -0.1) is 0 Å². The number of hydrogen-bond acceptors (Lipinski definition) is 3. The van der Waals surface area contributed by atoms with E-state index in [4.69, 9.17) is 0 Å². The lowest BCUT2D eigenvalue weighted by Crippen LogP contribution is -2.45. The smallest absolute Gasteiger partial charge is 0.224 e. The number of nitrogens with one attached hydrogen (secondary N) is 1. The predicted molar refractivity (Wildman–Crippen MR) is 98.8 cm³/mol. The Kier molecular flexibility index (Phi) is 5.71. The molecule has 0 radical (unpaired) electrons. The van der Waals surface area contributed by atoms with Crippen LogP contribution in [0.4, 0.5) is 4.39 Å². The van der Waals surface area contributed by atoms with E-state index in [9.17, 15) is 9.18 Å². The Morgan fingerprint density at radius 3 is 2.62 bits per heavy atom. The Labute approximate surface area is 154 Å². The van der Waals surface area contributed by atoms with E-state index in [1.807, 2.05) is 18.0 Å². The first-order valence-electron chi connectivity index (χ1n) is 9.19. The SMILES string of the molecule is Cc1ncc(CN2CCC(=O)N(Cc3ccc(F)cc3)C(C(C)C)C2)[nH]1. The Bertz CT molecular complexity index is 741. The number of rotatable bonds is 5. The second-order valence-electron chi connectivity index (χ2n) is 7.44. The van der Waals surface area contributed by atoms with Gasteiger partial charge >= 0.3 is 0 Å². The van der Waals surface area contributed by atoms with E-state index in [-0.39, 0.29) is 17.8 Å². The van der Waals surface area contributed by atoms with Gasteiger partial charge in [0.05, 0.1) is 0 Å². The highest BCUT2D eigenvalue weighted by Crippen LogP contribution is 2.22. The molecule has 140 valence electrons. The number of nitrogens with zero attached hydrogens (tertiary/aromatic N) is 3. The van der Waals surface area contributed by atoms with E-state index in [0.29, 0.717) is 18.9 Å². The monoisotopic (exact) mass is 358 g/mol. The van der Waals surface area contributed by atoms with E-state index < -0.39 is 0 Å². The molecule has 1 aromatic heterocycles. The fourth-order valence-electron chi connectivity index (χ4n) is 3.54. The van der Waals surface area contributed by atoms with Gasteiger partial charge in [0.2, 0.25) is 5.91 Å². The summed E-state index contributed by atoms with van der Waals surface area (Å²) in [6, 6.07) is 6.55. The van der Waals surface area contributed by atoms with E-state index in [1.165, 1.54) is 12.1 Å². The van der Waals surface area contributed by atoms with Crippen molar-refractivity contribution in [2.45, 2.75) is 46.3 Å². The van der Waals surface area contributed by atoms with Crippen LogP contribution in [0.5, 0.6) is 0 Å². The van der Waals surface area contributed by atoms with Crippen LogP contribution in [0.3, 0.4) is 0 Å². The largest absolute Gasteiger partial charge is 0.345 e. The molecule has 6 heteroatoms. The third-order valence-corrected chi connectivity index (χ3v) is 4.99. The minimum Gasteiger partial charge on any atom is -0.345 e. The molecule has 1 fully saturated rings. The summed E-state index contributed by atoms with van der Waals surface area (Å²) in [6.07, 6.45) is 2.36. The van der Waals surface area contributed by atoms with Crippen molar-refractivity contribution in [3.8, 4) is 0 Å². The lowest BCUT2D eigenvalue weighted by atomic mass is 10.0. The molecule has 1 aliphatic heterocycles. The Balaban J connectivity index is 1.75. The van der Waals surface area contributed by atoms with E-state index >= 15 is 0 Å². The van der Waals surface area contributed by atoms with Gasteiger partial charge in [0, 0.05) is 50.5 Å². The summed E-state index contributed by atoms with van der Waals surface area (Å²) in [5.41, 5.74) is 2.03. The van der Waals surface area contributed by atoms with Crippen molar-refractivity contribution in [2.75, 3.05) is 13.1 Å². The number of carbonyl (C=O) groups excluding carboxylic acids is 1. The molecule has 2 aromatic rings. The highest BCUT2D eigenvalue weighted by Gasteiger charge is 2.31. The van der Waals surface area contributed by atoms with Gasteiger partial charge in [-0.3, -0.25) is 9.69 Å². The van der Waals surface area contributed by atoms with Crippen molar-refractivity contribution in [1.82, 2.24) is 19.8 Å². The van der Waals surface area contributed by atoms with Crippen LogP contribution in [0.15, 0.2) is 30.5 Å². The molecule has 1 aromatic carbocycles. The van der Waals surface area contributed by atoms with Gasteiger partial charge in [0.25, 0.3) is 0 Å². The van der Waals surface area contributed by atoms with Crippen molar-refractivity contribution >= 4 is 5.91 Å². The van der Waals surface area contributed by atoms with Crippen molar-refractivity contribution in [2.24, 2.45) is 5.92 Å². The van der Waals surface area contributed by atoms with Crippen LogP contribution in [0.1, 0.15) is 37.4 Å². The molecule has 1 unspecified atom stereocenters. The van der Waals surface area contributed by atoms with Crippen LogP contribution >= 0.6 is 0 Å². The van der Waals surface area contributed by atoms with Crippen molar-refractivity contribution in [3.63, 3.8) is 0 Å². The average molecular weight is 358 g/mol. The topological polar surface area (TPSA) is 52.2 Å². The molecule has 0 bridgehead atoms. The van der Waals surface area contributed by atoms with Gasteiger partial charge in [-0.25, -0.2) is 9.37 Å². The highest BCUT2D eigenvalue weighted by atomic mass is 19.1. The summed E-state index contributed by atoms with van der Waals surface area (Å²) in [6.45, 7) is 9.10. The van der Waals surface area contributed by atoms with Gasteiger partial charge in [0.1, 0.15) is 11.6 Å². The number of hydrogen-bond donors (Lipinski definition) is 1. The Hall–Kier alpha value is -2.21. The standard InChI is InChI=1S/C20H27FN4O/c1-14(2)19-13-24(12-18-10-22-15(3)23-18)9-8-20(26)25(19)11-16-4-6-17(21)7-5-16/h4-7,10,14,19H,8-9,11-13H2,1-3H3,(H,22,23). The Morgan fingerprint density at radius 2 is 2.00 bits per heavy atom. The maximum atomic E-state index is 13.2. The third kappa shape index (κ3) is 4.49. The first kappa shape index (κ1) is 18.6. The second kappa shape index (κ2) is 7.99. The van der Waals surface area contributed by atoms with Gasteiger partial charge < -0.3 is 9.88 Å². The summed E-state index contributed by atoms with van der Waals surface area (Å²) >= 11 is 0. The average Bonchev–Trinajstić information content (AvgIpc) is 2.94. The molecule has 0 saturated carbocycles. The summed E-state index contributed by atoms with van der Waals surface area (Å²) in [5.74, 6) is 1.15. The molecule has 3 rings (SSSR count). The zero-order valence-corrected chi connectivity index (χ0v) is 15.7. The number of benzene rings is 1. The number of halogens is 1. The lowest BCUT2D eigenvalue weighted by Gasteiger charge is -2.34. The molecule has 0 spiro atoms. The molecule has 1 aliphatic rings. The molecule has 26 heavy (non-hydrogen) atoms. The molecular weight excluding hydrogens is 331 g/mol. The number of imidazole rings is 1. The summed E-state index contributed by atoms with van der Waals surface area (Å²) in [4.78, 5) is 24.6. The molecule has 1 atom stereocenters. The molecular formula is C20H27FN4O. The zero-order chi connectivity index (χ0) is 18.7. The van der Waals surface area contributed by atoms with Crippen LogP contribution < -0.4 is 0 Å². The predicted octanol–water partition coefficient (Wildman–Crippen LogP) is 3.12. The molecule has 2 heterocycles. The van der Waals surface area contributed by atoms with Crippen LogP contribution in [0.25, 0.3) is 0 Å². The van der Waals surface area contributed by atoms with Crippen LogP contribution in [0.2, 0.25) is 0 Å². The Morgan fingerprint density at radius 1 is 1.27 bits per heavy atom.